The SMILES string of the molecule is CC/C=C\C/C=C\C/C=C\C/C=C\C/C=C\C/C=C\C/C=C\C/C=C\C/C=C\C/C=C\C/C=C\C/C=C\CCCCC(=O)NC(COC1OC(CO)C(O)C(O)C1O)C(O)/C=C/CC/C=C/CCCCCCCCCCCCCCCCCCCCCCCCCCC. The minimum absolute atomic E-state index is 0.229. The predicted octanol–water partition coefficient (Wildman–Crippen LogP) is 21.6. The van der Waals surface area contributed by atoms with E-state index in [0.717, 1.165) is 109 Å². The van der Waals surface area contributed by atoms with Crippen molar-refractivity contribution in [2.24, 2.45) is 0 Å². The van der Waals surface area contributed by atoms with Crippen molar-refractivity contribution in [2.75, 3.05) is 13.2 Å². The molecule has 0 bridgehead atoms. The van der Waals surface area contributed by atoms with Gasteiger partial charge in [-0.05, 0) is 122 Å². The van der Waals surface area contributed by atoms with E-state index in [2.05, 4.69) is 177 Å². The van der Waals surface area contributed by atoms with Gasteiger partial charge in [0.1, 0.15) is 24.4 Å². The molecule has 6 N–H and O–H groups in total. The number of ether oxygens (including phenoxy) is 2. The molecule has 1 rings (SSSR count). The second kappa shape index (κ2) is 70.4. The summed E-state index contributed by atoms with van der Waals surface area (Å²) in [6, 6.07) is -0.861. The third-order valence-electron chi connectivity index (χ3n) is 16.8. The maximum atomic E-state index is 13.1. The van der Waals surface area contributed by atoms with Gasteiger partial charge in [-0.15, -0.1) is 0 Å². The first-order valence-corrected chi connectivity index (χ1v) is 37.9. The Balaban J connectivity index is 2.20. The molecule has 0 aromatic rings. The zero-order chi connectivity index (χ0) is 67.1. The van der Waals surface area contributed by atoms with Crippen LogP contribution < -0.4 is 5.32 Å². The van der Waals surface area contributed by atoms with Crippen molar-refractivity contribution >= 4 is 5.91 Å². The molecule has 1 fully saturated rings. The number of aliphatic hydroxyl groups excluding tert-OH is 5. The van der Waals surface area contributed by atoms with Crippen LogP contribution in [-0.2, 0) is 14.3 Å². The maximum Gasteiger partial charge on any atom is 0.220 e. The molecular weight excluding hydrogens is 1150 g/mol. The van der Waals surface area contributed by atoms with Gasteiger partial charge in [0.05, 0.1) is 25.4 Å². The van der Waals surface area contributed by atoms with Gasteiger partial charge in [-0.25, -0.2) is 0 Å². The van der Waals surface area contributed by atoms with Gasteiger partial charge in [0.25, 0.3) is 0 Å². The van der Waals surface area contributed by atoms with E-state index in [1.807, 2.05) is 6.08 Å². The molecule has 0 saturated carbocycles. The van der Waals surface area contributed by atoms with Crippen molar-refractivity contribution in [3.63, 3.8) is 0 Å². The summed E-state index contributed by atoms with van der Waals surface area (Å²) in [6.45, 7) is 3.64. The van der Waals surface area contributed by atoms with Crippen molar-refractivity contribution in [2.45, 2.75) is 339 Å². The van der Waals surface area contributed by atoms with Crippen molar-refractivity contribution < 1.29 is 39.8 Å². The van der Waals surface area contributed by atoms with Crippen LogP contribution in [0.2, 0.25) is 0 Å². The van der Waals surface area contributed by atoms with Gasteiger partial charge in [-0.2, -0.15) is 0 Å². The largest absolute Gasteiger partial charge is 0.394 e. The number of carbonyl (C=O) groups excluding carboxylic acids is 1. The van der Waals surface area contributed by atoms with E-state index in [0.29, 0.717) is 6.42 Å². The van der Waals surface area contributed by atoms with Gasteiger partial charge in [0.15, 0.2) is 6.29 Å². The Labute approximate surface area is 570 Å². The third-order valence-corrected chi connectivity index (χ3v) is 16.8. The van der Waals surface area contributed by atoms with Crippen LogP contribution in [0, 0.1) is 0 Å². The Hall–Kier alpha value is -4.45. The highest BCUT2D eigenvalue weighted by Crippen LogP contribution is 2.23. The van der Waals surface area contributed by atoms with E-state index >= 15 is 0 Å². The number of carbonyl (C=O) groups is 1. The molecule has 0 radical (unpaired) electrons. The van der Waals surface area contributed by atoms with Crippen LogP contribution in [0.3, 0.4) is 0 Å². The summed E-state index contributed by atoms with van der Waals surface area (Å²) >= 11 is 0. The first-order valence-electron chi connectivity index (χ1n) is 37.9. The third kappa shape index (κ3) is 58.6. The van der Waals surface area contributed by atoms with Crippen molar-refractivity contribution in [3.8, 4) is 0 Å². The fourth-order valence-electron chi connectivity index (χ4n) is 10.9. The fraction of sp³-hybridized carbons (Fsp3) is 0.655. The number of hydrogen-bond acceptors (Lipinski definition) is 8. The molecule has 9 heteroatoms. The molecule has 7 atom stereocenters. The van der Waals surface area contributed by atoms with Crippen molar-refractivity contribution in [1.29, 1.82) is 0 Å². The van der Waals surface area contributed by atoms with Crippen LogP contribution in [0.25, 0.3) is 0 Å². The van der Waals surface area contributed by atoms with Gasteiger partial charge >= 0.3 is 0 Å². The quantitative estimate of drug-likeness (QED) is 0.0261. The molecule has 1 heterocycles. The molecule has 0 spiro atoms. The van der Waals surface area contributed by atoms with E-state index in [4.69, 9.17) is 9.47 Å². The molecule has 1 aliphatic heterocycles. The van der Waals surface area contributed by atoms with Crippen molar-refractivity contribution in [3.05, 3.63) is 170 Å². The Morgan fingerprint density at radius 1 is 0.376 bits per heavy atom. The lowest BCUT2D eigenvalue weighted by Gasteiger charge is -2.40. The van der Waals surface area contributed by atoms with Crippen LogP contribution in [0.15, 0.2) is 170 Å². The second-order valence-corrected chi connectivity index (χ2v) is 25.3. The minimum atomic E-state index is -1.59. The normalized spacial score (nSPS) is 18.6. The maximum absolute atomic E-state index is 13.1. The molecule has 1 saturated heterocycles. The predicted molar refractivity (Wildman–Crippen MR) is 400 cm³/mol. The van der Waals surface area contributed by atoms with Gasteiger partial charge in [-0.1, -0.05) is 338 Å². The lowest BCUT2D eigenvalue weighted by atomic mass is 9.99. The molecule has 1 amide bonds. The highest BCUT2D eigenvalue weighted by atomic mass is 16.7. The van der Waals surface area contributed by atoms with Crippen LogP contribution in [0.5, 0.6) is 0 Å². The number of nitrogens with one attached hydrogen (secondary N) is 1. The Morgan fingerprint density at radius 2 is 0.677 bits per heavy atom. The van der Waals surface area contributed by atoms with Gasteiger partial charge in [-0.3, -0.25) is 4.79 Å². The summed E-state index contributed by atoms with van der Waals surface area (Å²) < 4.78 is 11.3. The van der Waals surface area contributed by atoms with Crippen LogP contribution in [0.1, 0.15) is 296 Å². The fourth-order valence-corrected chi connectivity index (χ4v) is 10.9. The van der Waals surface area contributed by atoms with E-state index in [1.165, 1.54) is 161 Å². The molecule has 7 unspecified atom stereocenters. The van der Waals surface area contributed by atoms with Gasteiger partial charge < -0.3 is 40.3 Å². The molecule has 0 aromatic carbocycles. The topological polar surface area (TPSA) is 149 Å². The van der Waals surface area contributed by atoms with Crippen LogP contribution >= 0.6 is 0 Å². The van der Waals surface area contributed by atoms with E-state index in [-0.39, 0.29) is 18.9 Å². The molecule has 0 aromatic heterocycles. The van der Waals surface area contributed by atoms with Gasteiger partial charge in [0.2, 0.25) is 5.91 Å². The number of unbranched alkanes of at least 4 members (excludes halogenated alkanes) is 28. The second-order valence-electron chi connectivity index (χ2n) is 25.3. The molecule has 93 heavy (non-hydrogen) atoms. The summed E-state index contributed by atoms with van der Waals surface area (Å²) in [7, 11) is 0. The Morgan fingerprint density at radius 3 is 1.03 bits per heavy atom. The number of rotatable bonds is 64. The standard InChI is InChI=1S/C84H139NO8/c1-3-5-7-9-11-13-15-17-19-21-23-25-27-29-31-33-35-36-37-38-39-40-41-42-44-46-48-50-52-54-56-58-60-62-64-66-68-70-72-74-80(88)85-77(76-92-84-83(91)82(90)81(89)79(75-86)93-84)78(87)73-71-69-67-65-63-61-59-57-55-53-51-49-47-45-43-34-32-30-28-26-24-22-20-18-16-14-12-10-8-6-4-2/h5,7,11,13,17,19,23,25,29,31,35-36,38-39,41-42,46,48,52,54,58,60,63-66,71,73,77-79,81-84,86-87,89-91H,3-4,6,8-10,12,14-16,18,20-22,24,26-28,30,32-34,37,40,43-45,47,49-51,53,55-57,59,61-62,67-70,72,74-76H2,1-2H3,(H,85,88)/b7-5-,13-11-,19-17-,25-23-,31-29-,36-35-,39-38-,42-41-,48-46-,54-52-,60-58-,65-63+,66-64-,73-71+. The summed E-state index contributed by atoms with van der Waals surface area (Å²) in [4.78, 5) is 13.1. The first-order chi connectivity index (χ1) is 45.8. The molecular formula is C84H139NO8. The summed E-state index contributed by atoms with van der Waals surface area (Å²) in [5.41, 5.74) is 0. The molecule has 528 valence electrons. The number of aliphatic hydroxyl groups is 5. The highest BCUT2D eigenvalue weighted by molar-refractivity contribution is 5.76. The van der Waals surface area contributed by atoms with Crippen molar-refractivity contribution in [1.82, 2.24) is 5.32 Å². The lowest BCUT2D eigenvalue weighted by molar-refractivity contribution is -0.302. The monoisotopic (exact) mass is 1290 g/mol. The van der Waals surface area contributed by atoms with E-state index in [9.17, 15) is 30.3 Å². The molecule has 0 aliphatic carbocycles. The first kappa shape index (κ1) is 86.6. The summed E-state index contributed by atoms with van der Waals surface area (Å²) in [5, 5.41) is 54.8. The highest BCUT2D eigenvalue weighted by Gasteiger charge is 2.44. The van der Waals surface area contributed by atoms with Gasteiger partial charge in [0, 0.05) is 6.42 Å². The Bertz CT molecular complexity index is 2080. The average Bonchev–Trinajstić information content (AvgIpc) is 1.02. The zero-order valence-corrected chi connectivity index (χ0v) is 59.2. The summed E-state index contributed by atoms with van der Waals surface area (Å²) in [5.74, 6) is -0.233. The van der Waals surface area contributed by atoms with E-state index in [1.54, 1.807) is 6.08 Å². The smallest absolute Gasteiger partial charge is 0.220 e. The number of hydrogen-bond donors (Lipinski definition) is 6. The molecule has 1 aliphatic rings. The molecule has 9 nitrogen and oxygen atoms in total. The average molecular weight is 1290 g/mol. The number of amides is 1. The number of allylic oxidation sites excluding steroid dienone is 27. The summed E-state index contributed by atoms with van der Waals surface area (Å²) in [6.07, 6.45) is 105. The van der Waals surface area contributed by atoms with E-state index < -0.39 is 49.5 Å². The Kier molecular flexibility index (Phi) is 65.5. The zero-order valence-electron chi connectivity index (χ0n) is 59.2. The minimum Gasteiger partial charge on any atom is -0.394 e. The van der Waals surface area contributed by atoms with Crippen LogP contribution in [-0.4, -0.2) is 87.5 Å². The lowest BCUT2D eigenvalue weighted by Crippen LogP contribution is -2.60. The van der Waals surface area contributed by atoms with Crippen LogP contribution in [0.4, 0.5) is 0 Å².